The van der Waals surface area contributed by atoms with Gasteiger partial charge in [0.05, 0.1) is 6.04 Å². The minimum atomic E-state index is 0.265. The van der Waals surface area contributed by atoms with E-state index in [4.69, 9.17) is 16.0 Å². The van der Waals surface area contributed by atoms with E-state index in [9.17, 15) is 0 Å². The number of fused-ring (bicyclic) bond motifs is 1. The van der Waals surface area contributed by atoms with Crippen molar-refractivity contribution >= 4 is 35.1 Å². The summed E-state index contributed by atoms with van der Waals surface area (Å²) < 4.78 is 8.02. The number of rotatable bonds is 5. The Morgan fingerprint density at radius 3 is 2.64 bits per heavy atom. The van der Waals surface area contributed by atoms with E-state index in [0.717, 1.165) is 33.6 Å². The summed E-state index contributed by atoms with van der Waals surface area (Å²) in [5.41, 5.74) is 1.93. The van der Waals surface area contributed by atoms with E-state index < -0.39 is 0 Å². The molecule has 0 saturated heterocycles. The minimum absolute atomic E-state index is 0.265. The fraction of sp³-hybridized carbons (Fsp3) is 0.158. The van der Waals surface area contributed by atoms with E-state index in [2.05, 4.69) is 37.1 Å². The summed E-state index contributed by atoms with van der Waals surface area (Å²) in [6, 6.07) is 17.8. The van der Waals surface area contributed by atoms with Gasteiger partial charge < -0.3 is 4.42 Å². The first-order valence-corrected chi connectivity index (χ1v) is 11.0. The van der Waals surface area contributed by atoms with Gasteiger partial charge in [-0.3, -0.25) is 4.57 Å². The Labute approximate surface area is 174 Å². The summed E-state index contributed by atoms with van der Waals surface area (Å²) in [6.07, 6.45) is 0. The van der Waals surface area contributed by atoms with Gasteiger partial charge in [-0.05, 0) is 24.3 Å². The molecule has 3 heterocycles. The third-order valence-electron chi connectivity index (χ3n) is 4.36. The topological polar surface area (TPSA) is 69.6 Å². The van der Waals surface area contributed by atoms with Gasteiger partial charge in [0.1, 0.15) is 0 Å². The zero-order valence-corrected chi connectivity index (χ0v) is 16.9. The molecule has 0 N–H and O–H groups in total. The zero-order chi connectivity index (χ0) is 18.9. The predicted molar refractivity (Wildman–Crippen MR) is 111 cm³/mol. The van der Waals surface area contributed by atoms with Crippen molar-refractivity contribution in [1.29, 1.82) is 0 Å². The normalized spacial score (nSPS) is 15.7. The summed E-state index contributed by atoms with van der Waals surface area (Å²) >= 11 is 9.21. The number of hydrogen-bond donors (Lipinski definition) is 0. The Morgan fingerprint density at radius 2 is 1.82 bits per heavy atom. The molecule has 0 saturated carbocycles. The maximum atomic E-state index is 5.93. The third-order valence-corrected chi connectivity index (χ3v) is 6.67. The minimum Gasteiger partial charge on any atom is -0.411 e. The van der Waals surface area contributed by atoms with Gasteiger partial charge in [0, 0.05) is 27.7 Å². The lowest BCUT2D eigenvalue weighted by Gasteiger charge is -2.13. The van der Waals surface area contributed by atoms with Gasteiger partial charge >= 0.3 is 0 Å². The molecule has 0 bridgehead atoms. The number of benzene rings is 2. The second-order valence-electron chi connectivity index (χ2n) is 6.20. The van der Waals surface area contributed by atoms with Gasteiger partial charge in [-0.25, -0.2) is 0 Å². The second kappa shape index (κ2) is 7.62. The fourth-order valence-corrected chi connectivity index (χ4v) is 5.20. The summed E-state index contributed by atoms with van der Waals surface area (Å²) in [6.45, 7) is 0. The van der Waals surface area contributed by atoms with Crippen LogP contribution in [0.25, 0.3) is 22.8 Å². The highest BCUT2D eigenvalue weighted by molar-refractivity contribution is 8.00. The predicted octanol–water partition coefficient (Wildman–Crippen LogP) is 5.09. The molecule has 0 radical (unpaired) electrons. The van der Waals surface area contributed by atoms with E-state index >= 15 is 0 Å². The van der Waals surface area contributed by atoms with Gasteiger partial charge in [0.2, 0.25) is 5.89 Å². The molecular weight excluding hydrogens is 414 g/mol. The molecule has 1 aliphatic heterocycles. The average Bonchev–Trinajstić information content (AvgIpc) is 3.45. The largest absolute Gasteiger partial charge is 0.411 e. The SMILES string of the molecule is Clc1ccc(-c2nnc(SC[C@H]3CSc4nnc(-c5ccccc5)n43)o2)cc1. The standard InChI is InChI=1S/C19H14ClN5OS2/c20-14-8-6-13(7-9-14)17-22-24-19(26-17)28-11-15-10-27-18-23-21-16(25(15)18)12-4-2-1-3-5-12/h1-9,15H,10-11H2/t15-/m1/s1. The molecule has 6 nitrogen and oxygen atoms in total. The van der Waals surface area contributed by atoms with Gasteiger partial charge in [-0.2, -0.15) is 0 Å². The molecule has 0 fully saturated rings. The first-order chi connectivity index (χ1) is 13.8. The quantitative estimate of drug-likeness (QED) is 0.411. The van der Waals surface area contributed by atoms with Crippen molar-refractivity contribution in [3.63, 3.8) is 0 Å². The van der Waals surface area contributed by atoms with Crippen LogP contribution >= 0.6 is 35.1 Å². The highest BCUT2D eigenvalue weighted by atomic mass is 35.5. The van der Waals surface area contributed by atoms with Gasteiger partial charge in [-0.1, -0.05) is 65.5 Å². The molecule has 2 aromatic carbocycles. The number of aromatic nitrogens is 5. The summed E-state index contributed by atoms with van der Waals surface area (Å²) in [5.74, 6) is 3.16. The molecular formula is C19H14ClN5OS2. The van der Waals surface area contributed by atoms with Crippen LogP contribution in [0.2, 0.25) is 5.02 Å². The van der Waals surface area contributed by atoms with Crippen molar-refractivity contribution in [1.82, 2.24) is 25.0 Å². The van der Waals surface area contributed by atoms with Crippen LogP contribution in [0, 0.1) is 0 Å². The van der Waals surface area contributed by atoms with Crippen LogP contribution in [-0.2, 0) is 0 Å². The third kappa shape index (κ3) is 3.43. The van der Waals surface area contributed by atoms with Crippen LogP contribution < -0.4 is 0 Å². The summed E-state index contributed by atoms with van der Waals surface area (Å²) in [4.78, 5) is 0. The Hall–Kier alpha value is -2.29. The second-order valence-corrected chi connectivity index (χ2v) is 8.59. The molecule has 1 atom stereocenters. The van der Waals surface area contributed by atoms with Crippen molar-refractivity contribution in [2.75, 3.05) is 11.5 Å². The Morgan fingerprint density at radius 1 is 1.00 bits per heavy atom. The van der Waals surface area contributed by atoms with Crippen molar-refractivity contribution in [3.8, 4) is 22.8 Å². The smallest absolute Gasteiger partial charge is 0.276 e. The monoisotopic (exact) mass is 427 g/mol. The van der Waals surface area contributed by atoms with E-state index in [1.165, 1.54) is 0 Å². The van der Waals surface area contributed by atoms with Crippen LogP contribution in [0.5, 0.6) is 0 Å². The van der Waals surface area contributed by atoms with Gasteiger partial charge in [0.25, 0.3) is 5.22 Å². The number of thioether (sulfide) groups is 2. The van der Waals surface area contributed by atoms with Crippen LogP contribution in [0.1, 0.15) is 6.04 Å². The lowest BCUT2D eigenvalue weighted by Crippen LogP contribution is -2.11. The first-order valence-electron chi connectivity index (χ1n) is 8.63. The molecule has 5 rings (SSSR count). The zero-order valence-electron chi connectivity index (χ0n) is 14.5. The molecule has 4 aromatic rings. The molecule has 0 unspecified atom stereocenters. The van der Waals surface area contributed by atoms with E-state index in [1.54, 1.807) is 23.5 Å². The van der Waals surface area contributed by atoms with Crippen LogP contribution in [-0.4, -0.2) is 36.5 Å². The Bertz CT molecular complexity index is 1100. The molecule has 9 heteroatoms. The molecule has 0 aliphatic carbocycles. The highest BCUT2D eigenvalue weighted by Crippen LogP contribution is 2.39. The van der Waals surface area contributed by atoms with Crippen molar-refractivity contribution in [3.05, 3.63) is 59.6 Å². The molecule has 0 amide bonds. The molecule has 28 heavy (non-hydrogen) atoms. The maximum Gasteiger partial charge on any atom is 0.276 e. The lowest BCUT2D eigenvalue weighted by molar-refractivity contribution is 0.464. The van der Waals surface area contributed by atoms with Gasteiger partial charge in [0.15, 0.2) is 11.0 Å². The Balaban J connectivity index is 1.32. The lowest BCUT2D eigenvalue weighted by atomic mass is 10.2. The fourth-order valence-electron chi connectivity index (χ4n) is 3.00. The number of nitrogens with zero attached hydrogens (tertiary/aromatic N) is 5. The number of hydrogen-bond acceptors (Lipinski definition) is 7. The van der Waals surface area contributed by atoms with Crippen LogP contribution in [0.4, 0.5) is 0 Å². The molecule has 140 valence electrons. The first kappa shape index (κ1) is 17.8. The maximum absolute atomic E-state index is 5.93. The summed E-state index contributed by atoms with van der Waals surface area (Å²) in [5, 5.41) is 19.2. The van der Waals surface area contributed by atoms with Crippen molar-refractivity contribution in [2.24, 2.45) is 0 Å². The van der Waals surface area contributed by atoms with Crippen LogP contribution in [0.3, 0.4) is 0 Å². The molecule has 2 aromatic heterocycles. The van der Waals surface area contributed by atoms with E-state index in [1.807, 2.05) is 42.5 Å². The van der Waals surface area contributed by atoms with Crippen LogP contribution in [0.15, 0.2) is 69.4 Å². The van der Waals surface area contributed by atoms with Gasteiger partial charge in [-0.15, -0.1) is 20.4 Å². The highest BCUT2D eigenvalue weighted by Gasteiger charge is 2.29. The van der Waals surface area contributed by atoms with Crippen molar-refractivity contribution in [2.45, 2.75) is 16.4 Å². The number of halogens is 1. The van der Waals surface area contributed by atoms with Crippen molar-refractivity contribution < 1.29 is 4.42 Å². The molecule has 0 spiro atoms. The van der Waals surface area contributed by atoms with E-state index in [-0.39, 0.29) is 6.04 Å². The molecule has 1 aliphatic rings. The Kier molecular flexibility index (Phi) is 4.84. The average molecular weight is 428 g/mol. The summed E-state index contributed by atoms with van der Waals surface area (Å²) in [7, 11) is 0. The van der Waals surface area contributed by atoms with E-state index in [0.29, 0.717) is 16.1 Å².